The Kier molecular flexibility index (Phi) is 4.34. The monoisotopic (exact) mass is 254 g/mol. The van der Waals surface area contributed by atoms with Crippen molar-refractivity contribution in [3.63, 3.8) is 0 Å². The molecule has 0 spiro atoms. The summed E-state index contributed by atoms with van der Waals surface area (Å²) in [5, 5.41) is 1.08. The maximum atomic E-state index is 6.00. The van der Waals surface area contributed by atoms with Crippen LogP contribution in [0.5, 0.6) is 0 Å². The summed E-state index contributed by atoms with van der Waals surface area (Å²) in [5.41, 5.74) is 6.00. The fourth-order valence-electron chi connectivity index (χ4n) is 2.31. The number of aryl methyl sites for hydroxylation is 1. The van der Waals surface area contributed by atoms with E-state index in [4.69, 9.17) is 5.73 Å². The van der Waals surface area contributed by atoms with Gasteiger partial charge >= 0.3 is 0 Å². The first-order valence-electron chi connectivity index (χ1n) is 6.53. The molecule has 4 nitrogen and oxygen atoms in total. The number of hydrogen-bond donors (Lipinski definition) is 1. The minimum atomic E-state index is 0.279. The van der Waals surface area contributed by atoms with Gasteiger partial charge in [0.15, 0.2) is 0 Å². The van der Waals surface area contributed by atoms with Crippen LogP contribution in [-0.4, -0.2) is 28.5 Å². The Morgan fingerprint density at radius 2 is 2.41 bits per heavy atom. The van der Waals surface area contributed by atoms with E-state index in [2.05, 4.69) is 28.1 Å². The fourth-order valence-corrected chi connectivity index (χ4v) is 3.06. The van der Waals surface area contributed by atoms with Crippen LogP contribution in [0.15, 0.2) is 0 Å². The van der Waals surface area contributed by atoms with Crippen molar-refractivity contribution in [3.8, 4) is 0 Å². The molecule has 2 heterocycles. The van der Waals surface area contributed by atoms with Crippen LogP contribution in [-0.2, 0) is 6.42 Å². The fraction of sp³-hybridized carbons (Fsp3) is 0.833. The molecule has 0 saturated carbocycles. The molecular formula is C12H22N4S. The van der Waals surface area contributed by atoms with Crippen molar-refractivity contribution < 1.29 is 0 Å². The molecule has 1 fully saturated rings. The SMILES string of the molecule is CCCc1nsc(N2CCCC(C(C)N)C2)n1. The van der Waals surface area contributed by atoms with E-state index in [0.29, 0.717) is 5.92 Å². The molecule has 0 amide bonds. The average Bonchev–Trinajstić information content (AvgIpc) is 2.78. The Morgan fingerprint density at radius 3 is 3.12 bits per heavy atom. The molecule has 0 radical (unpaired) electrons. The molecule has 1 aromatic rings. The van der Waals surface area contributed by atoms with Gasteiger partial charge in [-0.1, -0.05) is 6.92 Å². The van der Waals surface area contributed by atoms with Crippen molar-refractivity contribution in [1.82, 2.24) is 9.36 Å². The minimum absolute atomic E-state index is 0.279. The first-order valence-corrected chi connectivity index (χ1v) is 7.31. The number of piperidine rings is 1. The van der Waals surface area contributed by atoms with Gasteiger partial charge in [-0.25, -0.2) is 4.98 Å². The van der Waals surface area contributed by atoms with Crippen LogP contribution >= 0.6 is 11.5 Å². The Morgan fingerprint density at radius 1 is 1.59 bits per heavy atom. The van der Waals surface area contributed by atoms with Gasteiger partial charge in [0.1, 0.15) is 5.82 Å². The molecule has 5 heteroatoms. The van der Waals surface area contributed by atoms with Gasteiger partial charge in [-0.05, 0) is 32.1 Å². The molecule has 2 N–H and O–H groups in total. The van der Waals surface area contributed by atoms with Gasteiger partial charge in [0.05, 0.1) is 0 Å². The summed E-state index contributed by atoms with van der Waals surface area (Å²) in [6.07, 6.45) is 4.56. The molecule has 0 aromatic carbocycles. The molecule has 1 aliphatic rings. The zero-order valence-corrected chi connectivity index (χ0v) is 11.5. The average molecular weight is 254 g/mol. The maximum Gasteiger partial charge on any atom is 0.205 e. The number of nitrogens with zero attached hydrogens (tertiary/aromatic N) is 3. The van der Waals surface area contributed by atoms with Gasteiger partial charge in [0.2, 0.25) is 5.13 Å². The summed E-state index contributed by atoms with van der Waals surface area (Å²) < 4.78 is 4.41. The van der Waals surface area contributed by atoms with E-state index < -0.39 is 0 Å². The van der Waals surface area contributed by atoms with Crippen molar-refractivity contribution in [2.75, 3.05) is 18.0 Å². The topological polar surface area (TPSA) is 55.0 Å². The number of anilines is 1. The van der Waals surface area contributed by atoms with E-state index in [1.165, 1.54) is 24.4 Å². The summed E-state index contributed by atoms with van der Waals surface area (Å²) in [6.45, 7) is 6.41. The quantitative estimate of drug-likeness (QED) is 0.893. The van der Waals surface area contributed by atoms with Crippen LogP contribution in [0.2, 0.25) is 0 Å². The Labute approximate surface area is 107 Å². The molecule has 0 aliphatic carbocycles. The molecule has 2 unspecified atom stereocenters. The second-order valence-corrected chi connectivity index (χ2v) is 5.68. The zero-order chi connectivity index (χ0) is 12.3. The summed E-state index contributed by atoms with van der Waals surface area (Å²) in [5.74, 6) is 1.60. The Bertz CT molecular complexity index is 350. The normalized spacial score (nSPS) is 22.8. The van der Waals surface area contributed by atoms with Crippen molar-refractivity contribution in [2.45, 2.75) is 45.6 Å². The summed E-state index contributed by atoms with van der Waals surface area (Å²) in [4.78, 5) is 6.97. The first-order chi connectivity index (χ1) is 8.20. The van der Waals surface area contributed by atoms with E-state index in [0.717, 1.165) is 36.9 Å². The summed E-state index contributed by atoms with van der Waals surface area (Å²) in [6, 6.07) is 0.279. The van der Waals surface area contributed by atoms with Gasteiger partial charge in [-0.2, -0.15) is 4.37 Å². The van der Waals surface area contributed by atoms with Gasteiger partial charge in [0.25, 0.3) is 0 Å². The molecule has 1 saturated heterocycles. The highest BCUT2D eigenvalue weighted by atomic mass is 32.1. The van der Waals surface area contributed by atoms with Crippen LogP contribution in [0.25, 0.3) is 0 Å². The molecule has 1 aromatic heterocycles. The van der Waals surface area contributed by atoms with Crippen LogP contribution in [0.1, 0.15) is 38.9 Å². The number of nitrogens with two attached hydrogens (primary N) is 1. The van der Waals surface area contributed by atoms with Crippen molar-refractivity contribution in [3.05, 3.63) is 5.82 Å². The van der Waals surface area contributed by atoms with Crippen LogP contribution in [0.3, 0.4) is 0 Å². The van der Waals surface area contributed by atoms with Crippen molar-refractivity contribution in [1.29, 1.82) is 0 Å². The lowest BCUT2D eigenvalue weighted by Gasteiger charge is -2.34. The molecule has 0 bridgehead atoms. The number of hydrogen-bond acceptors (Lipinski definition) is 5. The van der Waals surface area contributed by atoms with E-state index >= 15 is 0 Å². The second kappa shape index (κ2) is 5.78. The Hall–Kier alpha value is -0.680. The third-order valence-corrected chi connectivity index (χ3v) is 4.22. The first kappa shape index (κ1) is 12.8. The number of aromatic nitrogens is 2. The van der Waals surface area contributed by atoms with Gasteiger partial charge in [0, 0.05) is 37.1 Å². The molecule has 2 atom stereocenters. The summed E-state index contributed by atoms with van der Waals surface area (Å²) >= 11 is 1.53. The smallest absolute Gasteiger partial charge is 0.205 e. The van der Waals surface area contributed by atoms with E-state index in [9.17, 15) is 0 Å². The van der Waals surface area contributed by atoms with Gasteiger partial charge in [-0.3, -0.25) is 0 Å². The highest BCUT2D eigenvalue weighted by Gasteiger charge is 2.24. The van der Waals surface area contributed by atoms with Crippen LogP contribution < -0.4 is 10.6 Å². The standard InChI is InChI=1S/C12H22N4S/c1-3-5-11-14-12(17-15-11)16-7-4-6-10(8-16)9(2)13/h9-10H,3-8,13H2,1-2H3. The largest absolute Gasteiger partial charge is 0.347 e. The van der Waals surface area contributed by atoms with Crippen molar-refractivity contribution >= 4 is 16.7 Å². The third kappa shape index (κ3) is 3.16. The lowest BCUT2D eigenvalue weighted by molar-refractivity contribution is 0.364. The maximum absolute atomic E-state index is 6.00. The molecule has 1 aliphatic heterocycles. The predicted octanol–water partition coefficient (Wildman–Crippen LogP) is 2.05. The molecule has 17 heavy (non-hydrogen) atoms. The van der Waals surface area contributed by atoms with Gasteiger partial charge in [-0.15, -0.1) is 0 Å². The van der Waals surface area contributed by atoms with E-state index in [-0.39, 0.29) is 6.04 Å². The van der Waals surface area contributed by atoms with Crippen LogP contribution in [0.4, 0.5) is 5.13 Å². The van der Waals surface area contributed by atoms with Crippen molar-refractivity contribution in [2.24, 2.45) is 11.7 Å². The van der Waals surface area contributed by atoms with Gasteiger partial charge < -0.3 is 10.6 Å². The minimum Gasteiger partial charge on any atom is -0.347 e. The summed E-state index contributed by atoms with van der Waals surface area (Å²) in [7, 11) is 0. The van der Waals surface area contributed by atoms with Crippen LogP contribution in [0, 0.1) is 5.92 Å². The molecule has 2 rings (SSSR count). The highest BCUT2D eigenvalue weighted by Crippen LogP contribution is 2.25. The Balaban J connectivity index is 2.00. The highest BCUT2D eigenvalue weighted by molar-refractivity contribution is 7.09. The molecular weight excluding hydrogens is 232 g/mol. The van der Waals surface area contributed by atoms with E-state index in [1.54, 1.807) is 0 Å². The number of rotatable bonds is 4. The lowest BCUT2D eigenvalue weighted by Crippen LogP contribution is -2.42. The predicted molar refractivity (Wildman–Crippen MR) is 72.5 cm³/mol. The molecule has 96 valence electrons. The third-order valence-electron chi connectivity index (χ3n) is 3.40. The van der Waals surface area contributed by atoms with E-state index in [1.807, 2.05) is 0 Å². The lowest BCUT2D eigenvalue weighted by atomic mass is 9.92. The zero-order valence-electron chi connectivity index (χ0n) is 10.7. The second-order valence-electron chi connectivity index (χ2n) is 4.95.